The Labute approximate surface area is 168 Å². The number of fused-ring (bicyclic) bond motifs is 5. The summed E-state index contributed by atoms with van der Waals surface area (Å²) in [6.45, 7) is 2.68. The second-order valence-corrected chi connectivity index (χ2v) is 8.27. The zero-order valence-electron chi connectivity index (χ0n) is 16.3. The zero-order valence-corrected chi connectivity index (χ0v) is 16.3. The minimum absolute atomic E-state index is 0.0228. The predicted molar refractivity (Wildman–Crippen MR) is 101 cm³/mol. The van der Waals surface area contributed by atoms with Gasteiger partial charge in [-0.15, -0.1) is 0 Å². The van der Waals surface area contributed by atoms with Gasteiger partial charge < -0.3 is 14.8 Å². The lowest BCUT2D eigenvalue weighted by Gasteiger charge is -2.35. The van der Waals surface area contributed by atoms with E-state index in [9.17, 15) is 27.9 Å². The Morgan fingerprint density at radius 3 is 2.67 bits per heavy atom. The molecule has 0 bridgehead atoms. The van der Waals surface area contributed by atoms with Crippen LogP contribution in [0.4, 0.5) is 13.2 Å². The molecule has 10 heteroatoms. The van der Waals surface area contributed by atoms with Gasteiger partial charge in [0.25, 0.3) is 5.56 Å². The van der Waals surface area contributed by atoms with Crippen LogP contribution in [0.5, 0.6) is 5.75 Å². The first kappa shape index (κ1) is 20.0. The third-order valence-electron chi connectivity index (χ3n) is 5.33. The Hall–Kier alpha value is -3.30. The Bertz CT molecular complexity index is 1240. The number of carboxylic acid groups (broad SMARTS) is 1. The summed E-state index contributed by atoms with van der Waals surface area (Å²) < 4.78 is 45.5. The number of hydrogen-bond acceptors (Lipinski definition) is 4. The molecule has 3 aromatic heterocycles. The SMILES string of the molecule is CC(C)(C)[C@H]1Cc2c(nc3c(OC(F)F)cc(F)cn23)-c2[nH]c(=O)c(C(=O)O)cc21. The summed E-state index contributed by atoms with van der Waals surface area (Å²) in [7, 11) is 0. The first-order chi connectivity index (χ1) is 14.0. The maximum absolute atomic E-state index is 14.1. The van der Waals surface area contributed by atoms with Crippen LogP contribution in [0.2, 0.25) is 0 Å². The lowest BCUT2D eigenvalue weighted by Crippen LogP contribution is -2.29. The highest BCUT2D eigenvalue weighted by Gasteiger charge is 2.37. The van der Waals surface area contributed by atoms with Crippen molar-refractivity contribution in [3.63, 3.8) is 0 Å². The number of carbonyl (C=O) groups is 1. The monoisotopic (exact) mass is 421 g/mol. The van der Waals surface area contributed by atoms with Crippen LogP contribution in [0.25, 0.3) is 17.0 Å². The van der Waals surface area contributed by atoms with Gasteiger partial charge in [0.1, 0.15) is 17.1 Å². The molecule has 1 aliphatic carbocycles. The van der Waals surface area contributed by atoms with Crippen molar-refractivity contribution >= 4 is 11.6 Å². The Kier molecular flexibility index (Phi) is 4.41. The lowest BCUT2D eigenvalue weighted by atomic mass is 9.70. The normalized spacial score (nSPS) is 15.9. The van der Waals surface area contributed by atoms with Gasteiger partial charge >= 0.3 is 12.6 Å². The molecule has 0 saturated carbocycles. The van der Waals surface area contributed by atoms with E-state index in [4.69, 9.17) is 0 Å². The minimum Gasteiger partial charge on any atom is -0.477 e. The number of aromatic carboxylic acids is 1. The fourth-order valence-corrected chi connectivity index (χ4v) is 3.96. The molecule has 3 heterocycles. The smallest absolute Gasteiger partial charge is 0.387 e. The first-order valence-electron chi connectivity index (χ1n) is 9.13. The topological polar surface area (TPSA) is 96.7 Å². The third-order valence-corrected chi connectivity index (χ3v) is 5.33. The van der Waals surface area contributed by atoms with E-state index in [2.05, 4.69) is 14.7 Å². The summed E-state index contributed by atoms with van der Waals surface area (Å²) in [5.41, 5.74) is 0.0483. The van der Waals surface area contributed by atoms with E-state index in [0.717, 1.165) is 12.3 Å². The van der Waals surface area contributed by atoms with Gasteiger partial charge in [0.2, 0.25) is 0 Å². The second-order valence-electron chi connectivity index (χ2n) is 8.27. The maximum Gasteiger partial charge on any atom is 0.387 e. The van der Waals surface area contributed by atoms with Crippen molar-refractivity contribution in [1.82, 2.24) is 14.4 Å². The molecule has 7 nitrogen and oxygen atoms in total. The van der Waals surface area contributed by atoms with Gasteiger partial charge in [0, 0.05) is 12.3 Å². The zero-order chi connectivity index (χ0) is 22.0. The number of H-pyrrole nitrogens is 1. The van der Waals surface area contributed by atoms with Crippen molar-refractivity contribution in [2.75, 3.05) is 0 Å². The quantitative estimate of drug-likeness (QED) is 0.670. The maximum atomic E-state index is 14.1. The fraction of sp³-hybridized carbons (Fsp3) is 0.350. The number of aromatic nitrogens is 3. The van der Waals surface area contributed by atoms with E-state index in [1.165, 1.54) is 10.5 Å². The van der Waals surface area contributed by atoms with Crippen LogP contribution in [0.3, 0.4) is 0 Å². The molecule has 1 atom stereocenters. The number of aromatic amines is 1. The van der Waals surface area contributed by atoms with E-state index >= 15 is 0 Å². The van der Waals surface area contributed by atoms with Crippen LogP contribution in [0, 0.1) is 11.2 Å². The van der Waals surface area contributed by atoms with Gasteiger partial charge in [-0.05, 0) is 29.4 Å². The molecule has 0 radical (unpaired) electrons. The lowest BCUT2D eigenvalue weighted by molar-refractivity contribution is -0.0493. The molecule has 3 aromatic rings. The number of nitrogens with one attached hydrogen (secondary N) is 1. The van der Waals surface area contributed by atoms with Crippen LogP contribution in [0.15, 0.2) is 23.1 Å². The third kappa shape index (κ3) is 3.12. The van der Waals surface area contributed by atoms with Crippen molar-refractivity contribution in [3.05, 3.63) is 51.3 Å². The Morgan fingerprint density at radius 1 is 1.37 bits per heavy atom. The molecule has 30 heavy (non-hydrogen) atoms. The summed E-state index contributed by atoms with van der Waals surface area (Å²) in [6, 6.07) is 2.15. The number of nitrogens with zero attached hydrogens (tertiary/aromatic N) is 2. The summed E-state index contributed by atoms with van der Waals surface area (Å²) in [5.74, 6) is -2.83. The van der Waals surface area contributed by atoms with Crippen LogP contribution >= 0.6 is 0 Å². The first-order valence-corrected chi connectivity index (χ1v) is 9.13. The van der Waals surface area contributed by atoms with Gasteiger partial charge in [0.05, 0.1) is 11.4 Å². The summed E-state index contributed by atoms with van der Waals surface area (Å²) in [5, 5.41) is 9.35. The van der Waals surface area contributed by atoms with Crippen molar-refractivity contribution in [2.45, 2.75) is 39.7 Å². The minimum atomic E-state index is -3.17. The van der Waals surface area contributed by atoms with E-state index in [0.29, 0.717) is 23.4 Å². The van der Waals surface area contributed by atoms with E-state index in [1.54, 1.807) is 0 Å². The van der Waals surface area contributed by atoms with Gasteiger partial charge in [-0.2, -0.15) is 8.78 Å². The van der Waals surface area contributed by atoms with E-state index < -0.39 is 35.3 Å². The van der Waals surface area contributed by atoms with E-state index in [-0.39, 0.29) is 22.7 Å². The Morgan fingerprint density at radius 2 is 2.07 bits per heavy atom. The molecule has 0 amide bonds. The highest BCUT2D eigenvalue weighted by atomic mass is 19.3. The molecule has 158 valence electrons. The van der Waals surface area contributed by atoms with Crippen molar-refractivity contribution < 1.29 is 27.8 Å². The fourth-order valence-electron chi connectivity index (χ4n) is 3.96. The molecular weight excluding hydrogens is 403 g/mol. The van der Waals surface area contributed by atoms with Crippen molar-refractivity contribution in [2.24, 2.45) is 5.41 Å². The molecule has 0 aromatic carbocycles. The molecule has 1 aliphatic rings. The molecule has 0 saturated heterocycles. The number of imidazole rings is 1. The number of halogens is 3. The predicted octanol–water partition coefficient (Wildman–Crippen LogP) is 3.81. The van der Waals surface area contributed by atoms with Crippen LogP contribution < -0.4 is 10.3 Å². The van der Waals surface area contributed by atoms with Crippen LogP contribution in [-0.2, 0) is 6.42 Å². The average molecular weight is 421 g/mol. The number of pyridine rings is 2. The number of alkyl halides is 2. The molecule has 0 unspecified atom stereocenters. The highest BCUT2D eigenvalue weighted by molar-refractivity contribution is 5.88. The molecule has 4 rings (SSSR count). The summed E-state index contributed by atoms with van der Waals surface area (Å²) in [4.78, 5) is 30.7. The number of carboxylic acids is 1. The van der Waals surface area contributed by atoms with E-state index in [1.807, 2.05) is 20.8 Å². The molecular formula is C20H18F3N3O4. The summed E-state index contributed by atoms with van der Waals surface area (Å²) in [6.07, 6.45) is 1.45. The highest BCUT2D eigenvalue weighted by Crippen LogP contribution is 2.47. The van der Waals surface area contributed by atoms with Crippen LogP contribution in [-0.4, -0.2) is 32.1 Å². The van der Waals surface area contributed by atoms with Crippen molar-refractivity contribution in [3.8, 4) is 17.1 Å². The molecule has 0 aliphatic heterocycles. The van der Waals surface area contributed by atoms with Gasteiger partial charge in [-0.25, -0.2) is 14.2 Å². The molecule has 2 N–H and O–H groups in total. The average Bonchev–Trinajstić information content (AvgIpc) is 2.98. The standard InChI is InChI=1S/C20H18F3N3O4/c1-20(2,3)11-6-12-15(14-9(11)5-10(18(28)29)17(27)25-14)24-16-13(30-19(22)23)4-8(21)7-26(12)16/h4-5,7,11,19H,6H2,1-3H3,(H,25,27)(H,28,29)/t11-/m0/s1. The van der Waals surface area contributed by atoms with Gasteiger partial charge in [-0.1, -0.05) is 20.8 Å². The number of ether oxygens (including phenoxy) is 1. The van der Waals surface area contributed by atoms with Crippen LogP contribution in [0.1, 0.15) is 48.3 Å². The largest absolute Gasteiger partial charge is 0.477 e. The number of hydrogen-bond donors (Lipinski definition) is 2. The van der Waals surface area contributed by atoms with Gasteiger partial charge in [-0.3, -0.25) is 9.20 Å². The second kappa shape index (κ2) is 6.61. The summed E-state index contributed by atoms with van der Waals surface area (Å²) >= 11 is 0. The molecule has 0 fully saturated rings. The molecule has 0 spiro atoms. The Balaban J connectivity index is 2.06. The van der Waals surface area contributed by atoms with Crippen molar-refractivity contribution in [1.29, 1.82) is 0 Å². The van der Waals surface area contributed by atoms with Gasteiger partial charge in [0.15, 0.2) is 11.4 Å². The number of rotatable bonds is 3.